The van der Waals surface area contributed by atoms with Crippen molar-refractivity contribution in [3.63, 3.8) is 0 Å². The molecule has 2 unspecified atom stereocenters. The lowest BCUT2D eigenvalue weighted by Gasteiger charge is -2.33. The minimum absolute atomic E-state index is 0.0310. The third-order valence-corrected chi connectivity index (χ3v) is 8.65. The van der Waals surface area contributed by atoms with E-state index in [1.54, 1.807) is 41.3 Å². The third kappa shape index (κ3) is 15.2. The first kappa shape index (κ1) is 45.9. The first-order valence-corrected chi connectivity index (χ1v) is 18.7. The van der Waals surface area contributed by atoms with Gasteiger partial charge in [0, 0.05) is 18.5 Å². The van der Waals surface area contributed by atoms with E-state index in [1.807, 2.05) is 57.2 Å². The van der Waals surface area contributed by atoms with Gasteiger partial charge >= 0.3 is 12.1 Å². The van der Waals surface area contributed by atoms with Crippen LogP contribution in [0, 0.1) is 26.1 Å². The monoisotopic (exact) mass is 809 g/mol. The summed E-state index contributed by atoms with van der Waals surface area (Å²) in [7, 11) is 0. The highest BCUT2D eigenvalue weighted by Gasteiger charge is 2.33. The molecule has 0 spiro atoms. The molecule has 3 aromatic carbocycles. The zero-order valence-electron chi connectivity index (χ0n) is 33.0. The summed E-state index contributed by atoms with van der Waals surface area (Å²) >= 11 is 0. The van der Waals surface area contributed by atoms with E-state index in [9.17, 15) is 34.6 Å². The second-order valence-electron chi connectivity index (χ2n) is 13.4. The Bertz CT molecular complexity index is 1840. The van der Waals surface area contributed by atoms with E-state index in [4.69, 9.17) is 25.8 Å². The molecule has 19 heteroatoms. The number of rotatable bonds is 24. The number of amides is 1. The summed E-state index contributed by atoms with van der Waals surface area (Å²) < 4.78 is 15.9. The number of ether oxygens (including phenoxy) is 3. The molecular formula is C39H51N7O12. The fraction of sp³-hybridized carbons (Fsp3) is 0.436. The van der Waals surface area contributed by atoms with E-state index in [0.29, 0.717) is 36.0 Å². The molecule has 0 aromatic heterocycles. The van der Waals surface area contributed by atoms with Crippen LogP contribution < -0.4 is 11.6 Å². The van der Waals surface area contributed by atoms with Crippen molar-refractivity contribution in [1.82, 2.24) is 10.0 Å². The number of nitrogens with zero attached hydrogens (tertiary/aromatic N) is 5. The summed E-state index contributed by atoms with van der Waals surface area (Å²) in [6.45, 7) is 6.89. The fourth-order valence-electron chi connectivity index (χ4n) is 5.61. The van der Waals surface area contributed by atoms with Gasteiger partial charge in [0.1, 0.15) is 19.3 Å². The summed E-state index contributed by atoms with van der Waals surface area (Å²) in [5, 5.41) is 24.1. The number of hydrazone groups is 1. The van der Waals surface area contributed by atoms with E-state index in [1.165, 1.54) is 6.92 Å². The summed E-state index contributed by atoms with van der Waals surface area (Å²) in [6.07, 6.45) is 0.320. The van der Waals surface area contributed by atoms with Crippen LogP contribution in [0.4, 0.5) is 4.79 Å². The van der Waals surface area contributed by atoms with Crippen molar-refractivity contribution in [3.8, 4) is 11.1 Å². The van der Waals surface area contributed by atoms with Crippen molar-refractivity contribution >= 4 is 23.9 Å². The number of benzene rings is 3. The van der Waals surface area contributed by atoms with Gasteiger partial charge in [0.15, 0.2) is 5.84 Å². The Kier molecular flexibility index (Phi) is 18.6. The molecule has 0 saturated heterocycles. The van der Waals surface area contributed by atoms with Gasteiger partial charge in [0.25, 0.3) is 10.2 Å². The highest BCUT2D eigenvalue weighted by Crippen LogP contribution is 2.26. The maximum absolute atomic E-state index is 13.5. The van der Waals surface area contributed by atoms with Crippen LogP contribution in [0.15, 0.2) is 77.9 Å². The van der Waals surface area contributed by atoms with Gasteiger partial charge in [-0.05, 0) is 59.9 Å². The number of unbranched alkanes of at least 4 members (excludes halogenated alkanes) is 2. The zero-order chi connectivity index (χ0) is 42.6. The van der Waals surface area contributed by atoms with Crippen molar-refractivity contribution in [2.75, 3.05) is 13.2 Å². The molecule has 3 rings (SSSR count). The summed E-state index contributed by atoms with van der Waals surface area (Å²) in [6, 6.07) is 20.3. The number of amidine groups is 1. The molecule has 4 N–H and O–H groups in total. The van der Waals surface area contributed by atoms with Crippen LogP contribution in [-0.4, -0.2) is 69.5 Å². The number of hydrogen-bond donors (Lipinski definition) is 2. The van der Waals surface area contributed by atoms with Crippen LogP contribution in [0.1, 0.15) is 82.1 Å². The Morgan fingerprint density at radius 1 is 0.793 bits per heavy atom. The Balaban J connectivity index is 1.68. The molecular weight excluding hydrogens is 758 g/mol. The molecule has 0 aliphatic carbocycles. The molecule has 0 fully saturated rings. The molecule has 0 aliphatic rings. The molecule has 19 nitrogen and oxygen atoms in total. The number of hydrazine groups is 1. The highest BCUT2D eigenvalue weighted by molar-refractivity contribution is 6.03. The number of carbonyl (C=O) groups is 3. The first-order valence-electron chi connectivity index (χ1n) is 18.7. The molecule has 0 aliphatic heterocycles. The number of hydrogen-bond acceptors (Lipinski definition) is 15. The molecule has 0 saturated carbocycles. The zero-order valence-corrected chi connectivity index (χ0v) is 33.0. The predicted octanol–water partition coefficient (Wildman–Crippen LogP) is 5.63. The minimum atomic E-state index is -1.08. The number of nitrogens with two attached hydrogens (primary N) is 2. The maximum atomic E-state index is 13.5. The maximum Gasteiger partial charge on any atom is 0.510 e. The van der Waals surface area contributed by atoms with E-state index < -0.39 is 34.6 Å². The normalized spacial score (nSPS) is 12.2. The van der Waals surface area contributed by atoms with E-state index in [2.05, 4.69) is 14.8 Å². The second-order valence-corrected chi connectivity index (χ2v) is 13.4. The Hall–Kier alpha value is -6.50. The van der Waals surface area contributed by atoms with Crippen LogP contribution >= 0.6 is 0 Å². The summed E-state index contributed by atoms with van der Waals surface area (Å²) in [5.41, 5.74) is 10.4. The first-order chi connectivity index (χ1) is 27.7. The summed E-state index contributed by atoms with van der Waals surface area (Å²) in [5.74, 6) is 5.13. The molecule has 58 heavy (non-hydrogen) atoms. The minimum Gasteiger partial charge on any atom is -0.464 e. The Labute approximate surface area is 336 Å². The van der Waals surface area contributed by atoms with E-state index >= 15 is 0 Å². The largest absolute Gasteiger partial charge is 0.510 e. The molecule has 3 aromatic rings. The molecule has 0 heterocycles. The van der Waals surface area contributed by atoms with E-state index in [-0.39, 0.29) is 57.1 Å². The molecule has 2 atom stereocenters. The van der Waals surface area contributed by atoms with Crippen molar-refractivity contribution in [1.29, 1.82) is 0 Å². The second kappa shape index (κ2) is 23.5. The molecule has 1 amide bonds. The molecule has 0 bridgehead atoms. The SMILES string of the molecule is CCCCC(=O)N(Cc1ccc(-c2ccccc2/C(N)=N/N(N)C(C)OC(=O)OCc2ccc(CO[N+](=O)[O-])cc2)cc1)C(C(=O)OCCCCO[N+](=O)[O-])C(C)C. The van der Waals surface area contributed by atoms with Gasteiger partial charge in [-0.2, -0.15) is 5.12 Å². The van der Waals surface area contributed by atoms with Gasteiger partial charge in [0.05, 0.1) is 13.2 Å². The average Bonchev–Trinajstić information content (AvgIpc) is 3.19. The Morgan fingerprint density at radius 3 is 2.02 bits per heavy atom. The topological polar surface area (TPSA) is 255 Å². The van der Waals surface area contributed by atoms with Gasteiger partial charge in [0.2, 0.25) is 12.1 Å². The van der Waals surface area contributed by atoms with Gasteiger partial charge < -0.3 is 34.5 Å². The standard InChI is InChI=1S/C39H51N7O12/c1-5-6-13-35(47)43(36(27(2)3)38(48)54-22-9-10-23-56-45(50)51)24-29-18-20-32(21-19-29)33-11-7-8-12-34(33)37(40)42-44(41)28(4)58-39(49)55-25-30-14-16-31(17-15-30)26-57-46(52)53/h7-8,11-12,14-21,27-28,36H,5-6,9-10,13,22-26,41H2,1-4H3,(H2,40,42). The van der Waals surface area contributed by atoms with Gasteiger partial charge in [-0.25, -0.2) is 15.4 Å². The molecule has 314 valence electrons. The van der Waals surface area contributed by atoms with Crippen LogP contribution in [-0.2, 0) is 53.2 Å². The molecule has 0 radical (unpaired) electrons. The lowest BCUT2D eigenvalue weighted by molar-refractivity contribution is -0.763. The number of esters is 1. The highest BCUT2D eigenvalue weighted by atomic mass is 17.0. The third-order valence-electron chi connectivity index (χ3n) is 8.65. The van der Waals surface area contributed by atoms with Crippen LogP contribution in [0.3, 0.4) is 0 Å². The van der Waals surface area contributed by atoms with Crippen molar-refractivity contribution in [3.05, 3.63) is 115 Å². The van der Waals surface area contributed by atoms with Gasteiger partial charge in [-0.15, -0.1) is 25.3 Å². The van der Waals surface area contributed by atoms with Gasteiger partial charge in [-0.1, -0.05) is 100.0 Å². The van der Waals surface area contributed by atoms with Crippen LogP contribution in [0.2, 0.25) is 0 Å². The van der Waals surface area contributed by atoms with Crippen molar-refractivity contribution in [2.24, 2.45) is 22.6 Å². The van der Waals surface area contributed by atoms with E-state index in [0.717, 1.165) is 28.2 Å². The number of carbonyl (C=O) groups excluding carboxylic acids is 3. The smallest absolute Gasteiger partial charge is 0.464 e. The quantitative estimate of drug-likeness (QED) is 0.0162. The average molecular weight is 810 g/mol. The fourth-order valence-corrected chi connectivity index (χ4v) is 5.61. The summed E-state index contributed by atoms with van der Waals surface area (Å²) in [4.78, 5) is 70.2. The predicted molar refractivity (Wildman–Crippen MR) is 209 cm³/mol. The lowest BCUT2D eigenvalue weighted by Crippen LogP contribution is -2.48. The van der Waals surface area contributed by atoms with Gasteiger partial charge in [-0.3, -0.25) is 4.79 Å². The van der Waals surface area contributed by atoms with Crippen molar-refractivity contribution < 1.29 is 48.4 Å². The Morgan fingerprint density at radius 2 is 1.40 bits per heavy atom. The van der Waals surface area contributed by atoms with Crippen LogP contribution in [0.25, 0.3) is 11.1 Å². The van der Waals surface area contributed by atoms with Crippen LogP contribution in [0.5, 0.6) is 0 Å². The lowest BCUT2D eigenvalue weighted by atomic mass is 9.97. The van der Waals surface area contributed by atoms with Crippen molar-refractivity contribution in [2.45, 2.75) is 91.8 Å².